The number of fused-ring (bicyclic) bond motifs is 4. The molecule has 2 saturated heterocycles. The number of hydrogen-bond donors (Lipinski definition) is 0. The number of aryl methyl sites for hydroxylation is 1. The number of hydrogen-bond acceptors (Lipinski definition) is 4. The van der Waals surface area contributed by atoms with Crippen LogP contribution in [0.15, 0.2) is 18.2 Å². The molecule has 24 heavy (non-hydrogen) atoms. The highest BCUT2D eigenvalue weighted by molar-refractivity contribution is 6.00. The maximum atomic E-state index is 12.7. The predicted molar refractivity (Wildman–Crippen MR) is 88.3 cm³/mol. The quantitative estimate of drug-likeness (QED) is 0.855. The van der Waals surface area contributed by atoms with Crippen molar-refractivity contribution in [1.29, 1.82) is 0 Å². The van der Waals surface area contributed by atoms with E-state index in [1.165, 1.54) is 0 Å². The zero-order valence-corrected chi connectivity index (χ0v) is 14.2. The highest BCUT2D eigenvalue weighted by Crippen LogP contribution is 2.51. The van der Waals surface area contributed by atoms with Gasteiger partial charge in [0.15, 0.2) is 5.78 Å². The van der Waals surface area contributed by atoms with Gasteiger partial charge in [-0.2, -0.15) is 0 Å². The second kappa shape index (κ2) is 5.59. The fourth-order valence-electron chi connectivity index (χ4n) is 4.70. The number of nitrogens with zero attached hydrogens (tertiary/aromatic N) is 1. The van der Waals surface area contributed by atoms with Crippen LogP contribution in [0.4, 0.5) is 0 Å². The summed E-state index contributed by atoms with van der Waals surface area (Å²) in [4.78, 5) is 27.3. The summed E-state index contributed by atoms with van der Waals surface area (Å²) in [5.41, 5.74) is 1.21. The van der Waals surface area contributed by atoms with Gasteiger partial charge < -0.3 is 14.4 Å². The van der Waals surface area contributed by atoms with Crippen LogP contribution in [0.5, 0.6) is 5.75 Å². The number of amides is 1. The first-order valence-electron chi connectivity index (χ1n) is 8.67. The monoisotopic (exact) mass is 329 g/mol. The molecule has 0 radical (unpaired) electrons. The number of rotatable bonds is 3. The van der Waals surface area contributed by atoms with Gasteiger partial charge in [0, 0.05) is 19.6 Å². The van der Waals surface area contributed by atoms with Crippen LogP contribution < -0.4 is 4.74 Å². The molecule has 128 valence electrons. The van der Waals surface area contributed by atoms with E-state index < -0.39 is 5.60 Å². The van der Waals surface area contributed by atoms with Crippen LogP contribution in [-0.2, 0) is 9.53 Å². The minimum absolute atomic E-state index is 0.00487. The lowest BCUT2D eigenvalue weighted by Crippen LogP contribution is -2.52. The van der Waals surface area contributed by atoms with Gasteiger partial charge in [0.2, 0.25) is 5.91 Å². The van der Waals surface area contributed by atoms with Crippen molar-refractivity contribution in [2.24, 2.45) is 0 Å². The van der Waals surface area contributed by atoms with Gasteiger partial charge >= 0.3 is 0 Å². The Morgan fingerprint density at radius 3 is 3.04 bits per heavy atom. The molecule has 0 saturated carbocycles. The van der Waals surface area contributed by atoms with Crippen LogP contribution in [-0.4, -0.2) is 48.0 Å². The van der Waals surface area contributed by atoms with Crippen LogP contribution in [0.2, 0.25) is 0 Å². The van der Waals surface area contributed by atoms with Crippen molar-refractivity contribution in [2.75, 3.05) is 13.7 Å². The average molecular weight is 329 g/mol. The van der Waals surface area contributed by atoms with Crippen LogP contribution in [0.25, 0.3) is 0 Å². The van der Waals surface area contributed by atoms with Gasteiger partial charge in [-0.15, -0.1) is 0 Å². The third-order valence-electron chi connectivity index (χ3n) is 5.71. The van der Waals surface area contributed by atoms with Gasteiger partial charge in [0.05, 0.1) is 31.1 Å². The molecule has 2 fully saturated rings. The van der Waals surface area contributed by atoms with E-state index >= 15 is 0 Å². The van der Waals surface area contributed by atoms with Crippen molar-refractivity contribution in [2.45, 2.75) is 56.7 Å². The van der Waals surface area contributed by atoms with E-state index in [4.69, 9.17) is 9.47 Å². The summed E-state index contributed by atoms with van der Waals surface area (Å²) >= 11 is 0. The topological polar surface area (TPSA) is 55.8 Å². The Hall–Kier alpha value is -1.88. The number of carbonyl (C=O) groups excluding carboxylic acids is 2. The van der Waals surface area contributed by atoms with E-state index in [9.17, 15) is 9.59 Å². The summed E-state index contributed by atoms with van der Waals surface area (Å²) in [5.74, 6) is 0.928. The molecule has 1 aromatic rings. The Labute approximate surface area is 141 Å². The Bertz CT molecular complexity index is 701. The highest BCUT2D eigenvalue weighted by atomic mass is 16.5. The molecule has 5 nitrogen and oxygen atoms in total. The third-order valence-corrected chi connectivity index (χ3v) is 5.71. The Balaban J connectivity index is 1.62. The van der Waals surface area contributed by atoms with E-state index in [0.29, 0.717) is 30.8 Å². The second-order valence-corrected chi connectivity index (χ2v) is 7.26. The van der Waals surface area contributed by atoms with Crippen molar-refractivity contribution in [3.05, 3.63) is 29.3 Å². The molecule has 2 bridgehead atoms. The fraction of sp³-hybridized carbons (Fsp3) is 0.579. The minimum atomic E-state index is -0.537. The molecule has 3 aliphatic rings. The standard InChI is InChI=1S/C19H23NO4/c1-12-3-5-16-14(9-12)15(21)11-19(24-16)10-13-4-6-17(19)20(13)18(22)7-8-23-2/h3,5,9,13,17H,4,6-8,10-11H2,1-2H3. The fourth-order valence-corrected chi connectivity index (χ4v) is 4.70. The van der Waals surface area contributed by atoms with Gasteiger partial charge in [-0.25, -0.2) is 0 Å². The molecule has 3 heterocycles. The molecule has 3 unspecified atom stereocenters. The molecule has 5 heteroatoms. The third kappa shape index (κ3) is 2.25. The van der Waals surface area contributed by atoms with Gasteiger partial charge in [-0.3, -0.25) is 9.59 Å². The Morgan fingerprint density at radius 1 is 1.42 bits per heavy atom. The van der Waals surface area contributed by atoms with Crippen molar-refractivity contribution in [1.82, 2.24) is 4.90 Å². The molecule has 0 aliphatic carbocycles. The van der Waals surface area contributed by atoms with Crippen molar-refractivity contribution >= 4 is 11.7 Å². The van der Waals surface area contributed by atoms with Crippen LogP contribution in [0, 0.1) is 6.92 Å². The van der Waals surface area contributed by atoms with Crippen molar-refractivity contribution in [3.8, 4) is 5.75 Å². The lowest BCUT2D eigenvalue weighted by Gasteiger charge is -2.40. The summed E-state index contributed by atoms with van der Waals surface area (Å²) in [6.45, 7) is 2.41. The normalized spacial score (nSPS) is 30.6. The number of Topliss-reactive ketones (excluding diaryl/α,β-unsaturated/α-hetero) is 1. The number of ether oxygens (including phenoxy) is 2. The molecule has 1 spiro atoms. The van der Waals surface area contributed by atoms with Gasteiger partial charge in [-0.05, 0) is 31.9 Å². The first-order valence-corrected chi connectivity index (χ1v) is 8.67. The summed E-state index contributed by atoms with van der Waals surface area (Å²) < 4.78 is 11.4. The molecule has 1 aromatic carbocycles. The number of benzene rings is 1. The van der Waals surface area contributed by atoms with E-state index in [1.54, 1.807) is 7.11 Å². The van der Waals surface area contributed by atoms with Crippen LogP contribution >= 0.6 is 0 Å². The smallest absolute Gasteiger partial charge is 0.225 e. The zero-order chi connectivity index (χ0) is 16.9. The number of ketones is 1. The lowest BCUT2D eigenvalue weighted by molar-refractivity contribution is -0.134. The van der Waals surface area contributed by atoms with Crippen LogP contribution in [0.1, 0.15) is 48.0 Å². The zero-order valence-electron chi connectivity index (χ0n) is 14.2. The number of methoxy groups -OCH3 is 1. The molecular formula is C19H23NO4. The summed E-state index contributed by atoms with van der Waals surface area (Å²) in [7, 11) is 1.61. The number of carbonyl (C=O) groups is 2. The van der Waals surface area contributed by atoms with Crippen molar-refractivity contribution < 1.29 is 19.1 Å². The van der Waals surface area contributed by atoms with Gasteiger partial charge in [0.25, 0.3) is 0 Å². The van der Waals surface area contributed by atoms with E-state index in [1.807, 2.05) is 30.0 Å². The molecule has 0 aromatic heterocycles. The van der Waals surface area contributed by atoms with E-state index in [2.05, 4.69) is 0 Å². The highest BCUT2D eigenvalue weighted by Gasteiger charge is 2.61. The van der Waals surface area contributed by atoms with Gasteiger partial charge in [-0.1, -0.05) is 11.6 Å². The molecule has 3 aliphatic heterocycles. The van der Waals surface area contributed by atoms with Gasteiger partial charge in [0.1, 0.15) is 11.4 Å². The molecular weight excluding hydrogens is 306 g/mol. The van der Waals surface area contributed by atoms with Crippen LogP contribution in [0.3, 0.4) is 0 Å². The largest absolute Gasteiger partial charge is 0.484 e. The summed E-state index contributed by atoms with van der Waals surface area (Å²) in [6, 6.07) is 5.97. The second-order valence-electron chi connectivity index (χ2n) is 7.26. The first kappa shape index (κ1) is 15.6. The SMILES string of the molecule is COCCC(=O)N1C2CCC1C1(CC(=O)c3cc(C)ccc3O1)C2. The minimum Gasteiger partial charge on any atom is -0.484 e. The summed E-state index contributed by atoms with van der Waals surface area (Å²) in [5, 5.41) is 0. The average Bonchev–Trinajstić information content (AvgIpc) is 3.09. The van der Waals surface area contributed by atoms with E-state index in [-0.39, 0.29) is 23.8 Å². The lowest BCUT2D eigenvalue weighted by atomic mass is 9.78. The van der Waals surface area contributed by atoms with Crippen molar-refractivity contribution in [3.63, 3.8) is 0 Å². The molecule has 1 amide bonds. The molecule has 3 atom stereocenters. The maximum Gasteiger partial charge on any atom is 0.225 e. The maximum absolute atomic E-state index is 12.7. The predicted octanol–water partition coefficient (Wildman–Crippen LogP) is 2.50. The Kier molecular flexibility index (Phi) is 3.64. The molecule has 0 N–H and O–H groups in total. The van der Waals surface area contributed by atoms with E-state index in [0.717, 1.165) is 24.8 Å². The molecule has 4 rings (SSSR count). The summed E-state index contributed by atoms with van der Waals surface area (Å²) in [6.07, 6.45) is 3.44. The first-order chi connectivity index (χ1) is 11.5. The Morgan fingerprint density at radius 2 is 2.25 bits per heavy atom.